The fourth-order valence-electron chi connectivity index (χ4n) is 5.23. The molecule has 0 aliphatic carbocycles. The molecule has 4 heterocycles. The molecule has 0 radical (unpaired) electrons. The van der Waals surface area contributed by atoms with E-state index < -0.39 is 17.5 Å². The summed E-state index contributed by atoms with van der Waals surface area (Å²) in [6.07, 6.45) is 3.67. The Labute approximate surface area is 193 Å². The first-order valence-electron chi connectivity index (χ1n) is 11.1. The lowest BCUT2D eigenvalue weighted by molar-refractivity contribution is 0.398. The van der Waals surface area contributed by atoms with E-state index in [9.17, 15) is 13.9 Å². The van der Waals surface area contributed by atoms with E-state index in [0.717, 1.165) is 37.7 Å². The zero-order chi connectivity index (χ0) is 23.6. The highest BCUT2D eigenvalue weighted by atomic mass is 19.2. The fraction of sp³-hybridized carbons (Fsp3) is 0.280. The highest BCUT2D eigenvalue weighted by Crippen LogP contribution is 2.39. The minimum Gasteiger partial charge on any atom is -0.508 e. The Kier molecular flexibility index (Phi) is 4.77. The summed E-state index contributed by atoms with van der Waals surface area (Å²) in [5.74, 6) is -2.99. The normalized spacial score (nSPS) is 19.8. The summed E-state index contributed by atoms with van der Waals surface area (Å²) in [4.78, 5) is 10.8. The van der Waals surface area contributed by atoms with Crippen molar-refractivity contribution in [2.75, 3.05) is 25.1 Å². The largest absolute Gasteiger partial charge is 0.508 e. The third-order valence-corrected chi connectivity index (χ3v) is 6.77. The van der Waals surface area contributed by atoms with Gasteiger partial charge in [-0.25, -0.2) is 18.2 Å². The zero-order valence-electron chi connectivity index (χ0n) is 18.3. The summed E-state index contributed by atoms with van der Waals surface area (Å²) < 4.78 is 50.1. The summed E-state index contributed by atoms with van der Waals surface area (Å²) in [7, 11) is 1.46. The van der Waals surface area contributed by atoms with Gasteiger partial charge in [0.05, 0.1) is 12.8 Å². The lowest BCUT2D eigenvalue weighted by Crippen LogP contribution is -2.51. The fourth-order valence-corrected chi connectivity index (χ4v) is 5.23. The molecule has 2 unspecified atom stereocenters. The second kappa shape index (κ2) is 7.73. The van der Waals surface area contributed by atoms with E-state index in [4.69, 9.17) is 4.74 Å². The quantitative estimate of drug-likeness (QED) is 0.463. The second-order valence-corrected chi connectivity index (χ2v) is 8.86. The molecule has 4 aromatic rings. The Morgan fingerprint density at radius 3 is 2.56 bits per heavy atom. The molecule has 0 amide bonds. The van der Waals surface area contributed by atoms with E-state index in [0.29, 0.717) is 17.5 Å². The molecule has 2 aliphatic rings. The molecular formula is C25H21F3N4O2. The van der Waals surface area contributed by atoms with Gasteiger partial charge < -0.3 is 20.1 Å². The number of aromatic nitrogens is 2. The average Bonchev–Trinajstić information content (AvgIpc) is 3.18. The lowest BCUT2D eigenvalue weighted by atomic mass is 9.99. The van der Waals surface area contributed by atoms with E-state index in [1.165, 1.54) is 31.5 Å². The van der Waals surface area contributed by atoms with Crippen LogP contribution in [0, 0.1) is 17.5 Å². The van der Waals surface area contributed by atoms with E-state index in [1.54, 1.807) is 6.07 Å². The van der Waals surface area contributed by atoms with Gasteiger partial charge in [0.2, 0.25) is 5.88 Å². The number of phenolic OH excluding ortho intramolecular Hbond substituents is 1. The van der Waals surface area contributed by atoms with Crippen LogP contribution >= 0.6 is 0 Å². The molecule has 2 bridgehead atoms. The second-order valence-electron chi connectivity index (χ2n) is 8.86. The predicted molar refractivity (Wildman–Crippen MR) is 123 cm³/mol. The first-order valence-corrected chi connectivity index (χ1v) is 11.1. The van der Waals surface area contributed by atoms with Gasteiger partial charge in [-0.05, 0) is 36.4 Å². The maximum atomic E-state index is 16.0. The summed E-state index contributed by atoms with van der Waals surface area (Å²) in [5.41, 5.74) is 0.484. The molecule has 2 atom stereocenters. The molecule has 2 aliphatic heterocycles. The third kappa shape index (κ3) is 3.22. The maximum Gasteiger partial charge on any atom is 0.215 e. The Hall–Kier alpha value is -3.59. The van der Waals surface area contributed by atoms with Gasteiger partial charge in [-0.3, -0.25) is 4.98 Å². The molecule has 2 fully saturated rings. The average molecular weight is 466 g/mol. The lowest BCUT2D eigenvalue weighted by Gasteiger charge is -2.35. The molecule has 9 heteroatoms. The summed E-state index contributed by atoms with van der Waals surface area (Å²) in [6, 6.07) is 7.25. The summed E-state index contributed by atoms with van der Waals surface area (Å²) in [5, 5.41) is 14.3. The number of methoxy groups -OCH3 is 1. The number of piperazine rings is 1. The molecule has 2 aromatic heterocycles. The van der Waals surface area contributed by atoms with Crippen LogP contribution in [-0.2, 0) is 0 Å². The van der Waals surface area contributed by atoms with Gasteiger partial charge >= 0.3 is 0 Å². The van der Waals surface area contributed by atoms with Crippen molar-refractivity contribution in [1.82, 2.24) is 15.3 Å². The summed E-state index contributed by atoms with van der Waals surface area (Å²) >= 11 is 0. The highest BCUT2D eigenvalue weighted by molar-refractivity contribution is 6.00. The van der Waals surface area contributed by atoms with Crippen molar-refractivity contribution in [3.63, 3.8) is 0 Å². The standard InChI is InChI=1S/C25H21F3N4O2/c1-34-20-8-19(32-10-13-3-4-14(11-32)30-13)17-9-29-24(23(28)25(17)31-20)16-7-15(33)6-12-2-5-18(26)22(27)21(12)16/h2,5-9,13-14,30,33H,3-4,10-11H2,1H3. The number of hydrogen-bond donors (Lipinski definition) is 2. The molecule has 2 N–H and O–H groups in total. The monoisotopic (exact) mass is 466 g/mol. The minimum absolute atomic E-state index is 0.0125. The highest BCUT2D eigenvalue weighted by Gasteiger charge is 2.33. The Morgan fingerprint density at radius 1 is 1.06 bits per heavy atom. The topological polar surface area (TPSA) is 70.5 Å². The van der Waals surface area contributed by atoms with E-state index in [1.807, 2.05) is 0 Å². The zero-order valence-corrected chi connectivity index (χ0v) is 18.3. The van der Waals surface area contributed by atoms with E-state index in [2.05, 4.69) is 20.2 Å². The molecule has 174 valence electrons. The van der Waals surface area contributed by atoms with Crippen LogP contribution in [0.15, 0.2) is 36.5 Å². The number of fused-ring (bicyclic) bond motifs is 4. The third-order valence-electron chi connectivity index (χ3n) is 6.77. The number of aromatic hydroxyl groups is 1. The molecule has 6 nitrogen and oxygen atoms in total. The molecule has 34 heavy (non-hydrogen) atoms. The van der Waals surface area contributed by atoms with Crippen molar-refractivity contribution in [1.29, 1.82) is 0 Å². The number of halogens is 3. The van der Waals surface area contributed by atoms with Crippen molar-refractivity contribution < 1.29 is 23.0 Å². The van der Waals surface area contributed by atoms with Crippen LogP contribution in [0.2, 0.25) is 0 Å². The number of hydrogen-bond acceptors (Lipinski definition) is 6. The molecule has 2 aromatic carbocycles. The van der Waals surface area contributed by atoms with Gasteiger partial charge in [0.15, 0.2) is 17.5 Å². The number of anilines is 1. The van der Waals surface area contributed by atoms with Crippen LogP contribution < -0.4 is 15.0 Å². The van der Waals surface area contributed by atoms with Crippen LogP contribution in [0.1, 0.15) is 12.8 Å². The van der Waals surface area contributed by atoms with Crippen molar-refractivity contribution in [3.8, 4) is 22.9 Å². The molecule has 0 spiro atoms. The minimum atomic E-state index is -1.13. The van der Waals surface area contributed by atoms with Crippen LogP contribution in [0.4, 0.5) is 18.9 Å². The molecule has 6 rings (SSSR count). The van der Waals surface area contributed by atoms with Crippen molar-refractivity contribution in [2.45, 2.75) is 24.9 Å². The predicted octanol–water partition coefficient (Wildman–Crippen LogP) is 4.52. The first-order chi connectivity index (χ1) is 16.4. The number of benzene rings is 2. The summed E-state index contributed by atoms with van der Waals surface area (Å²) in [6.45, 7) is 1.54. The number of phenols is 1. The molecule has 0 saturated carbocycles. The Morgan fingerprint density at radius 2 is 1.82 bits per heavy atom. The van der Waals surface area contributed by atoms with E-state index >= 15 is 4.39 Å². The number of rotatable bonds is 3. The van der Waals surface area contributed by atoms with Crippen LogP contribution in [0.25, 0.3) is 32.9 Å². The number of nitrogens with one attached hydrogen (secondary N) is 1. The van der Waals surface area contributed by atoms with E-state index in [-0.39, 0.29) is 39.2 Å². The van der Waals surface area contributed by atoms with Crippen molar-refractivity contribution in [2.24, 2.45) is 0 Å². The van der Waals surface area contributed by atoms with Gasteiger partial charge in [0, 0.05) is 53.8 Å². The Balaban J connectivity index is 1.58. The van der Waals surface area contributed by atoms with Gasteiger partial charge in [-0.2, -0.15) is 0 Å². The van der Waals surface area contributed by atoms with Gasteiger partial charge in [-0.15, -0.1) is 0 Å². The smallest absolute Gasteiger partial charge is 0.215 e. The van der Waals surface area contributed by atoms with Crippen LogP contribution in [0.5, 0.6) is 11.6 Å². The number of pyridine rings is 2. The first kappa shape index (κ1) is 21.0. The van der Waals surface area contributed by atoms with Gasteiger partial charge in [0.25, 0.3) is 0 Å². The van der Waals surface area contributed by atoms with Crippen LogP contribution in [-0.4, -0.2) is 47.4 Å². The van der Waals surface area contributed by atoms with Crippen LogP contribution in [0.3, 0.4) is 0 Å². The SMILES string of the molecule is COc1cc(N2CC3CCC(C2)N3)c2cnc(-c3cc(O)cc4ccc(F)c(F)c34)c(F)c2n1. The van der Waals surface area contributed by atoms with Gasteiger partial charge in [0.1, 0.15) is 17.0 Å². The number of ether oxygens (including phenoxy) is 1. The Bertz CT molecular complexity index is 1450. The number of nitrogens with zero attached hydrogens (tertiary/aromatic N) is 3. The van der Waals surface area contributed by atoms with Crippen molar-refractivity contribution in [3.05, 3.63) is 54.0 Å². The van der Waals surface area contributed by atoms with Crippen molar-refractivity contribution >= 4 is 27.4 Å². The van der Waals surface area contributed by atoms with Gasteiger partial charge in [-0.1, -0.05) is 6.07 Å². The molecular weight excluding hydrogens is 445 g/mol. The maximum absolute atomic E-state index is 16.0. The molecule has 2 saturated heterocycles.